The van der Waals surface area contributed by atoms with Gasteiger partial charge in [-0.2, -0.15) is 0 Å². The van der Waals surface area contributed by atoms with Gasteiger partial charge < -0.3 is 14.2 Å². The fourth-order valence-electron chi connectivity index (χ4n) is 3.18. The van der Waals surface area contributed by atoms with E-state index >= 15 is 0 Å². The van der Waals surface area contributed by atoms with Crippen molar-refractivity contribution in [3.05, 3.63) is 34.8 Å². The Bertz CT molecular complexity index is 587. The van der Waals surface area contributed by atoms with Gasteiger partial charge in [-0.05, 0) is 29.9 Å². The van der Waals surface area contributed by atoms with Crippen molar-refractivity contribution < 1.29 is 19.0 Å². The van der Waals surface area contributed by atoms with E-state index in [4.69, 9.17) is 20.8 Å². The molecule has 0 aromatic heterocycles. The summed E-state index contributed by atoms with van der Waals surface area (Å²) in [6.07, 6.45) is 2.37. The van der Waals surface area contributed by atoms with Gasteiger partial charge in [-0.1, -0.05) is 6.58 Å². The van der Waals surface area contributed by atoms with Crippen molar-refractivity contribution in [2.75, 3.05) is 19.8 Å². The van der Waals surface area contributed by atoms with E-state index in [1.807, 2.05) is 6.07 Å². The molecule has 1 aliphatic heterocycles. The highest BCUT2D eigenvalue weighted by Gasteiger charge is 2.43. The summed E-state index contributed by atoms with van der Waals surface area (Å²) in [4.78, 5) is 14.3. The fraction of sp³-hybridized carbons (Fsp3) is 0.588. The Labute approximate surface area is 136 Å². The van der Waals surface area contributed by atoms with Crippen LogP contribution in [0.4, 0.5) is 0 Å². The predicted octanol–water partition coefficient (Wildman–Crippen LogP) is 2.74. The number of nitriles is 1. The molecule has 0 aromatic rings. The van der Waals surface area contributed by atoms with Crippen LogP contribution in [0.5, 0.6) is 0 Å². The molecule has 1 saturated carbocycles. The number of hydrogen-bond donors (Lipinski definition) is 0. The van der Waals surface area contributed by atoms with E-state index in [0.29, 0.717) is 38.9 Å². The Morgan fingerprint density at radius 2 is 2.26 bits per heavy atom. The van der Waals surface area contributed by atoms with Crippen molar-refractivity contribution in [2.45, 2.75) is 38.4 Å². The molecule has 2 rings (SSSR count). The number of carbonyl (C=O) groups is 1. The van der Waals surface area contributed by atoms with E-state index in [2.05, 4.69) is 11.4 Å². The summed E-state index contributed by atoms with van der Waals surface area (Å²) in [7, 11) is 0. The minimum atomic E-state index is -0.613. The van der Waals surface area contributed by atoms with Crippen molar-refractivity contribution in [1.29, 1.82) is 5.26 Å². The van der Waals surface area contributed by atoms with E-state index in [-0.39, 0.29) is 24.2 Å². The van der Waals surface area contributed by atoms with Gasteiger partial charge in [-0.3, -0.25) is 4.79 Å². The molecule has 2 aliphatic rings. The third-order valence-corrected chi connectivity index (χ3v) is 4.18. The largest absolute Gasteiger partial charge is 0.461 e. The molecule has 0 bridgehead atoms. The standard InChI is InChI=1S/C17H20N2O4/c1-12(11-21-13(2)20)8-14-9-17(22-6-7-23-17)5-4-15(14)16(10-18)19-3/h14H,1,4-9,11H2,2H3/b16-15+. The van der Waals surface area contributed by atoms with Crippen LogP contribution in [0.2, 0.25) is 0 Å². The summed E-state index contributed by atoms with van der Waals surface area (Å²) >= 11 is 0. The van der Waals surface area contributed by atoms with Gasteiger partial charge >= 0.3 is 5.97 Å². The van der Waals surface area contributed by atoms with Crippen LogP contribution < -0.4 is 0 Å². The molecule has 0 radical (unpaired) electrons. The number of esters is 1. The molecule has 0 aromatic carbocycles. The lowest BCUT2D eigenvalue weighted by Gasteiger charge is -2.38. The van der Waals surface area contributed by atoms with Crippen LogP contribution in [0.1, 0.15) is 32.6 Å². The average Bonchev–Trinajstić information content (AvgIpc) is 2.96. The molecule has 1 atom stereocenters. The first kappa shape index (κ1) is 17.2. The molecule has 1 spiro atoms. The SMILES string of the molecule is [C-]#[N+]/C(C#N)=C1\CCC2(CC1CC(=C)COC(C)=O)OCCO2. The molecule has 1 unspecified atom stereocenters. The number of hydrogen-bond acceptors (Lipinski definition) is 5. The molecule has 23 heavy (non-hydrogen) atoms. The van der Waals surface area contributed by atoms with E-state index in [0.717, 1.165) is 11.1 Å². The first-order valence-corrected chi connectivity index (χ1v) is 7.58. The summed E-state index contributed by atoms with van der Waals surface area (Å²) < 4.78 is 16.5. The van der Waals surface area contributed by atoms with Crippen molar-refractivity contribution in [2.24, 2.45) is 5.92 Å². The Balaban J connectivity index is 2.16. The maximum atomic E-state index is 10.9. The molecule has 6 nitrogen and oxygen atoms in total. The highest BCUT2D eigenvalue weighted by molar-refractivity contribution is 5.66. The Morgan fingerprint density at radius 1 is 1.57 bits per heavy atom. The second-order valence-electron chi connectivity index (χ2n) is 5.84. The molecule has 1 saturated heterocycles. The van der Waals surface area contributed by atoms with Crippen LogP contribution in [0.25, 0.3) is 4.85 Å². The molecule has 6 heteroatoms. The molecule has 1 aliphatic carbocycles. The highest BCUT2D eigenvalue weighted by atomic mass is 16.7. The van der Waals surface area contributed by atoms with E-state index in [1.165, 1.54) is 6.92 Å². The van der Waals surface area contributed by atoms with E-state index < -0.39 is 5.79 Å². The maximum absolute atomic E-state index is 10.9. The van der Waals surface area contributed by atoms with Gasteiger partial charge in [0.15, 0.2) is 5.79 Å². The summed E-state index contributed by atoms with van der Waals surface area (Å²) in [6.45, 7) is 13.8. The third-order valence-electron chi connectivity index (χ3n) is 4.18. The number of allylic oxidation sites excluding steroid dienone is 2. The van der Waals surface area contributed by atoms with Crippen LogP contribution in [-0.4, -0.2) is 31.6 Å². The summed E-state index contributed by atoms with van der Waals surface area (Å²) in [5.74, 6) is -1.03. The van der Waals surface area contributed by atoms with Gasteiger partial charge in [0.05, 0.1) is 25.9 Å². The zero-order valence-electron chi connectivity index (χ0n) is 13.3. The van der Waals surface area contributed by atoms with Gasteiger partial charge in [0.2, 0.25) is 0 Å². The van der Waals surface area contributed by atoms with E-state index in [9.17, 15) is 10.1 Å². The number of nitrogens with zero attached hydrogens (tertiary/aromatic N) is 2. The van der Waals surface area contributed by atoms with Gasteiger partial charge in [-0.25, -0.2) is 10.1 Å². The lowest BCUT2D eigenvalue weighted by molar-refractivity contribution is -0.179. The normalized spacial score (nSPS) is 24.6. The Hall–Kier alpha value is -2.15. The minimum absolute atomic E-state index is 0.0614. The molecule has 2 fully saturated rings. The lowest BCUT2D eigenvalue weighted by Crippen LogP contribution is -2.38. The lowest BCUT2D eigenvalue weighted by atomic mass is 9.76. The molecular weight excluding hydrogens is 296 g/mol. The first-order chi connectivity index (χ1) is 11.0. The molecule has 122 valence electrons. The summed E-state index contributed by atoms with van der Waals surface area (Å²) in [5.41, 5.74) is 1.72. The minimum Gasteiger partial charge on any atom is -0.461 e. The van der Waals surface area contributed by atoms with Gasteiger partial charge in [0.1, 0.15) is 6.61 Å². The van der Waals surface area contributed by atoms with Crippen LogP contribution in [0.3, 0.4) is 0 Å². The van der Waals surface area contributed by atoms with Crippen LogP contribution in [0.15, 0.2) is 23.4 Å². The topological polar surface area (TPSA) is 72.9 Å². The van der Waals surface area contributed by atoms with Crippen molar-refractivity contribution in [1.82, 2.24) is 0 Å². The van der Waals surface area contributed by atoms with Crippen LogP contribution in [-0.2, 0) is 19.0 Å². The van der Waals surface area contributed by atoms with Crippen molar-refractivity contribution in [3.63, 3.8) is 0 Å². The second-order valence-corrected chi connectivity index (χ2v) is 5.84. The van der Waals surface area contributed by atoms with Crippen molar-refractivity contribution in [3.8, 4) is 6.07 Å². The van der Waals surface area contributed by atoms with Gasteiger partial charge in [-0.15, -0.1) is 0 Å². The number of ether oxygens (including phenoxy) is 3. The van der Waals surface area contributed by atoms with Crippen molar-refractivity contribution >= 4 is 5.97 Å². The second kappa shape index (κ2) is 7.41. The smallest absolute Gasteiger partial charge is 0.302 e. The number of carbonyl (C=O) groups excluding carboxylic acids is 1. The molecular formula is C17H20N2O4. The zero-order valence-corrected chi connectivity index (χ0v) is 13.3. The van der Waals surface area contributed by atoms with Gasteiger partial charge in [0.25, 0.3) is 5.70 Å². The first-order valence-electron chi connectivity index (χ1n) is 7.58. The summed E-state index contributed by atoms with van der Waals surface area (Å²) in [6, 6.07) is 1.98. The highest BCUT2D eigenvalue weighted by Crippen LogP contribution is 2.44. The monoisotopic (exact) mass is 316 g/mol. The summed E-state index contributed by atoms with van der Waals surface area (Å²) in [5, 5.41) is 9.19. The number of rotatable bonds is 4. The Morgan fingerprint density at radius 3 is 2.83 bits per heavy atom. The average molecular weight is 316 g/mol. The van der Waals surface area contributed by atoms with E-state index in [1.54, 1.807) is 0 Å². The van der Waals surface area contributed by atoms with Gasteiger partial charge in [0, 0.05) is 19.8 Å². The fourth-order valence-corrected chi connectivity index (χ4v) is 3.18. The Kier molecular flexibility index (Phi) is 5.54. The quantitative estimate of drug-likeness (QED) is 0.345. The predicted molar refractivity (Wildman–Crippen MR) is 81.6 cm³/mol. The third kappa shape index (κ3) is 4.19. The van der Waals surface area contributed by atoms with Crippen LogP contribution in [0, 0.1) is 23.8 Å². The molecule has 0 N–H and O–H groups in total. The maximum Gasteiger partial charge on any atom is 0.302 e. The van der Waals surface area contributed by atoms with Crippen LogP contribution >= 0.6 is 0 Å². The molecule has 1 heterocycles. The molecule has 0 amide bonds. The zero-order chi connectivity index (χ0) is 16.9.